The van der Waals surface area contributed by atoms with Crippen LogP contribution in [0.5, 0.6) is 0 Å². The lowest BCUT2D eigenvalue weighted by Crippen LogP contribution is -2.10. The highest BCUT2D eigenvalue weighted by atomic mass is 16.3. The Kier molecular flexibility index (Phi) is 5.53. The van der Waals surface area contributed by atoms with Gasteiger partial charge in [-0.2, -0.15) is 5.10 Å². The van der Waals surface area contributed by atoms with Crippen molar-refractivity contribution < 1.29 is 5.11 Å². The largest absolute Gasteiger partial charge is 0.389 e. The van der Waals surface area contributed by atoms with Crippen molar-refractivity contribution in [1.29, 1.82) is 0 Å². The molecule has 3 heteroatoms. The summed E-state index contributed by atoms with van der Waals surface area (Å²) in [6.45, 7) is 7.21. The summed E-state index contributed by atoms with van der Waals surface area (Å²) >= 11 is 0. The Morgan fingerprint density at radius 2 is 2.19 bits per heavy atom. The van der Waals surface area contributed by atoms with E-state index < -0.39 is 6.10 Å². The van der Waals surface area contributed by atoms with Crippen molar-refractivity contribution >= 4 is 0 Å². The molecule has 0 aliphatic carbocycles. The smallest absolute Gasteiger partial charge is 0.0792 e. The third-order valence-corrected chi connectivity index (χ3v) is 3.12. The van der Waals surface area contributed by atoms with Gasteiger partial charge in [-0.15, -0.1) is 0 Å². The molecule has 2 atom stereocenters. The molecule has 92 valence electrons. The molecule has 16 heavy (non-hydrogen) atoms. The fourth-order valence-electron chi connectivity index (χ4n) is 1.88. The minimum atomic E-state index is -0.413. The van der Waals surface area contributed by atoms with E-state index in [1.54, 1.807) is 13.1 Å². The number of unbranched alkanes of at least 4 members (excludes halogenated alkanes) is 1. The third kappa shape index (κ3) is 3.97. The van der Waals surface area contributed by atoms with Crippen molar-refractivity contribution in [2.24, 2.45) is 5.92 Å². The van der Waals surface area contributed by atoms with Gasteiger partial charge in [-0.3, -0.25) is 4.68 Å². The Balaban J connectivity index is 2.49. The van der Waals surface area contributed by atoms with Crippen molar-refractivity contribution in [3.05, 3.63) is 18.0 Å². The van der Waals surface area contributed by atoms with Crippen molar-refractivity contribution in [3.63, 3.8) is 0 Å². The molecule has 0 aromatic carbocycles. The molecule has 2 unspecified atom stereocenters. The van der Waals surface area contributed by atoms with E-state index in [9.17, 15) is 5.11 Å². The van der Waals surface area contributed by atoms with Gasteiger partial charge in [0.05, 0.1) is 12.3 Å². The first-order valence-electron chi connectivity index (χ1n) is 6.37. The van der Waals surface area contributed by atoms with Crippen molar-refractivity contribution in [2.75, 3.05) is 0 Å². The van der Waals surface area contributed by atoms with Gasteiger partial charge in [-0.1, -0.05) is 33.1 Å². The molecular weight excluding hydrogens is 200 g/mol. The molecule has 0 fully saturated rings. The number of hydrogen-bond acceptors (Lipinski definition) is 2. The Morgan fingerprint density at radius 3 is 2.69 bits per heavy atom. The summed E-state index contributed by atoms with van der Waals surface area (Å²) in [4.78, 5) is 0. The van der Waals surface area contributed by atoms with E-state index >= 15 is 0 Å². The molecule has 1 aromatic rings. The first-order valence-corrected chi connectivity index (χ1v) is 6.37. The summed E-state index contributed by atoms with van der Waals surface area (Å²) in [5.41, 5.74) is 0.908. The lowest BCUT2D eigenvalue weighted by atomic mass is 9.99. The summed E-state index contributed by atoms with van der Waals surface area (Å²) in [5, 5.41) is 13.7. The topological polar surface area (TPSA) is 38.0 Å². The average molecular weight is 224 g/mol. The van der Waals surface area contributed by atoms with Gasteiger partial charge >= 0.3 is 0 Å². The number of hydrogen-bond donors (Lipinski definition) is 1. The molecule has 3 nitrogen and oxygen atoms in total. The van der Waals surface area contributed by atoms with Crippen LogP contribution >= 0.6 is 0 Å². The molecule has 0 spiro atoms. The first-order chi connectivity index (χ1) is 7.67. The Bertz CT molecular complexity index is 294. The minimum absolute atomic E-state index is 0.413. The van der Waals surface area contributed by atoms with Crippen LogP contribution in [0.25, 0.3) is 0 Å². The van der Waals surface area contributed by atoms with E-state index in [1.807, 2.05) is 10.9 Å². The van der Waals surface area contributed by atoms with Gasteiger partial charge in [0.15, 0.2) is 0 Å². The fourth-order valence-corrected chi connectivity index (χ4v) is 1.88. The van der Waals surface area contributed by atoms with E-state index in [0.717, 1.165) is 12.1 Å². The zero-order chi connectivity index (χ0) is 12.0. The van der Waals surface area contributed by atoms with E-state index in [1.165, 1.54) is 25.7 Å². The van der Waals surface area contributed by atoms with E-state index in [-0.39, 0.29) is 0 Å². The maximum atomic E-state index is 9.42. The quantitative estimate of drug-likeness (QED) is 0.772. The van der Waals surface area contributed by atoms with E-state index in [2.05, 4.69) is 18.9 Å². The second-order valence-corrected chi connectivity index (χ2v) is 4.59. The number of aliphatic hydroxyl groups excluding tert-OH is 1. The Hall–Kier alpha value is -0.830. The summed E-state index contributed by atoms with van der Waals surface area (Å²) in [6.07, 6.45) is 8.33. The van der Waals surface area contributed by atoms with Crippen LogP contribution in [0.15, 0.2) is 12.4 Å². The van der Waals surface area contributed by atoms with Crippen LogP contribution in [-0.4, -0.2) is 14.9 Å². The molecule has 0 aliphatic heterocycles. The van der Waals surface area contributed by atoms with Crippen LogP contribution in [0.3, 0.4) is 0 Å². The Labute approximate surface area is 98.5 Å². The van der Waals surface area contributed by atoms with Gasteiger partial charge in [0.25, 0.3) is 0 Å². The highest BCUT2D eigenvalue weighted by molar-refractivity contribution is 5.06. The second kappa shape index (κ2) is 6.69. The molecular formula is C13H24N2O. The molecule has 0 radical (unpaired) electrons. The zero-order valence-corrected chi connectivity index (χ0v) is 10.7. The SMILES string of the molecule is CCCCC(CC)Cn1cc(C(C)O)cn1. The van der Waals surface area contributed by atoms with Crippen LogP contribution in [0.4, 0.5) is 0 Å². The lowest BCUT2D eigenvalue weighted by molar-refractivity contribution is 0.199. The summed E-state index contributed by atoms with van der Waals surface area (Å²) in [7, 11) is 0. The molecule has 1 heterocycles. The molecule has 0 saturated heterocycles. The lowest BCUT2D eigenvalue weighted by Gasteiger charge is -2.14. The number of nitrogens with zero attached hydrogens (tertiary/aromatic N) is 2. The van der Waals surface area contributed by atoms with E-state index in [4.69, 9.17) is 0 Å². The van der Waals surface area contributed by atoms with Crippen molar-refractivity contribution in [1.82, 2.24) is 9.78 Å². The highest BCUT2D eigenvalue weighted by Gasteiger charge is 2.09. The van der Waals surface area contributed by atoms with Gasteiger partial charge in [-0.25, -0.2) is 0 Å². The minimum Gasteiger partial charge on any atom is -0.389 e. The molecule has 1 N–H and O–H groups in total. The highest BCUT2D eigenvalue weighted by Crippen LogP contribution is 2.16. The third-order valence-electron chi connectivity index (χ3n) is 3.12. The second-order valence-electron chi connectivity index (χ2n) is 4.59. The van der Waals surface area contributed by atoms with Crippen molar-refractivity contribution in [2.45, 2.75) is 59.1 Å². The molecule has 0 bridgehead atoms. The summed E-state index contributed by atoms with van der Waals surface area (Å²) in [6, 6.07) is 0. The predicted molar refractivity (Wildman–Crippen MR) is 66.2 cm³/mol. The Morgan fingerprint density at radius 1 is 1.44 bits per heavy atom. The maximum Gasteiger partial charge on any atom is 0.0792 e. The standard InChI is InChI=1S/C13H24N2O/c1-4-6-7-12(5-2)9-15-10-13(8-14-15)11(3)16/h8,10-12,16H,4-7,9H2,1-3H3. The van der Waals surface area contributed by atoms with Gasteiger partial charge in [0.1, 0.15) is 0 Å². The zero-order valence-electron chi connectivity index (χ0n) is 10.7. The number of aliphatic hydroxyl groups is 1. The molecule has 0 aliphatic rings. The van der Waals surface area contributed by atoms with Gasteiger partial charge in [0.2, 0.25) is 0 Å². The van der Waals surface area contributed by atoms with Crippen molar-refractivity contribution in [3.8, 4) is 0 Å². The molecule has 1 aromatic heterocycles. The van der Waals surface area contributed by atoms with Crippen LogP contribution < -0.4 is 0 Å². The normalized spacial score (nSPS) is 15.0. The molecule has 1 rings (SSSR count). The van der Waals surface area contributed by atoms with Crippen LogP contribution in [0.1, 0.15) is 58.1 Å². The summed E-state index contributed by atoms with van der Waals surface area (Å²) < 4.78 is 1.96. The van der Waals surface area contributed by atoms with Gasteiger partial charge in [-0.05, 0) is 19.3 Å². The van der Waals surface area contributed by atoms with E-state index in [0.29, 0.717) is 5.92 Å². The summed E-state index contributed by atoms with van der Waals surface area (Å²) in [5.74, 6) is 0.710. The maximum absolute atomic E-state index is 9.42. The van der Waals surface area contributed by atoms with Crippen LogP contribution in [-0.2, 0) is 6.54 Å². The first kappa shape index (κ1) is 13.2. The van der Waals surface area contributed by atoms with Gasteiger partial charge in [0, 0.05) is 18.3 Å². The molecule has 0 saturated carbocycles. The predicted octanol–water partition coefficient (Wildman–Crippen LogP) is 3.15. The average Bonchev–Trinajstić information content (AvgIpc) is 2.72. The number of aromatic nitrogens is 2. The molecule has 0 amide bonds. The number of rotatable bonds is 7. The van der Waals surface area contributed by atoms with Crippen LogP contribution in [0, 0.1) is 5.92 Å². The monoisotopic (exact) mass is 224 g/mol. The fraction of sp³-hybridized carbons (Fsp3) is 0.769. The van der Waals surface area contributed by atoms with Gasteiger partial charge < -0.3 is 5.11 Å². The van der Waals surface area contributed by atoms with Crippen LogP contribution in [0.2, 0.25) is 0 Å².